The lowest BCUT2D eigenvalue weighted by molar-refractivity contribution is 0.902. The van der Waals surface area contributed by atoms with E-state index in [1.807, 2.05) is 30.5 Å². The molecule has 0 aliphatic rings. The molecule has 0 fully saturated rings. The van der Waals surface area contributed by atoms with Crippen LogP contribution in [0.4, 0.5) is 5.82 Å². The van der Waals surface area contributed by atoms with Gasteiger partial charge in [-0.05, 0) is 17.9 Å². The number of nitrogen functional groups attached to an aromatic ring is 1. The number of thioether (sulfide) groups is 2. The first-order chi connectivity index (χ1) is 8.69. The van der Waals surface area contributed by atoms with Gasteiger partial charge in [0.1, 0.15) is 10.8 Å². The predicted octanol–water partition coefficient (Wildman–Crippen LogP) is 3.73. The highest BCUT2D eigenvalue weighted by Gasteiger charge is 2.05. The fraction of sp³-hybridized carbons (Fsp3) is 0.167. The first-order valence-electron chi connectivity index (χ1n) is 5.24. The fourth-order valence-electron chi connectivity index (χ4n) is 1.35. The van der Waals surface area contributed by atoms with E-state index in [0.29, 0.717) is 11.0 Å². The molecule has 18 heavy (non-hydrogen) atoms. The number of benzene rings is 1. The van der Waals surface area contributed by atoms with E-state index in [-0.39, 0.29) is 0 Å². The summed E-state index contributed by atoms with van der Waals surface area (Å²) in [5.41, 5.74) is 6.82. The average Bonchev–Trinajstić information content (AvgIpc) is 2.37. The highest BCUT2D eigenvalue weighted by Crippen LogP contribution is 2.27. The maximum atomic E-state index is 6.11. The van der Waals surface area contributed by atoms with Crippen LogP contribution in [0.1, 0.15) is 5.56 Å². The standard InChI is InChI=1S/C12H12ClN3S2/c1-17-12-15-10(14)6-11(16-12)18-7-8-4-2-3-5-9(8)13/h2-6H,7H2,1H3,(H2,14,15,16). The van der Waals surface area contributed by atoms with E-state index >= 15 is 0 Å². The molecule has 1 aromatic heterocycles. The second-order valence-corrected chi connectivity index (χ2v) is 5.67. The topological polar surface area (TPSA) is 51.8 Å². The molecule has 0 radical (unpaired) electrons. The predicted molar refractivity (Wildman–Crippen MR) is 79.2 cm³/mol. The molecule has 0 amide bonds. The molecule has 2 rings (SSSR count). The Morgan fingerprint density at radius 3 is 2.78 bits per heavy atom. The van der Waals surface area contributed by atoms with Crippen LogP contribution >= 0.6 is 35.1 Å². The van der Waals surface area contributed by atoms with Crippen LogP contribution in [0.2, 0.25) is 5.02 Å². The van der Waals surface area contributed by atoms with Gasteiger partial charge >= 0.3 is 0 Å². The monoisotopic (exact) mass is 297 g/mol. The lowest BCUT2D eigenvalue weighted by Gasteiger charge is -2.05. The van der Waals surface area contributed by atoms with Gasteiger partial charge in [0.05, 0.1) is 0 Å². The van der Waals surface area contributed by atoms with E-state index in [4.69, 9.17) is 17.3 Å². The van der Waals surface area contributed by atoms with Crippen molar-refractivity contribution in [3.63, 3.8) is 0 Å². The zero-order valence-corrected chi connectivity index (χ0v) is 12.1. The smallest absolute Gasteiger partial charge is 0.190 e. The van der Waals surface area contributed by atoms with Gasteiger partial charge in [-0.25, -0.2) is 9.97 Å². The maximum absolute atomic E-state index is 6.11. The number of halogens is 1. The second-order valence-electron chi connectivity index (χ2n) is 3.50. The van der Waals surface area contributed by atoms with Gasteiger partial charge in [0.2, 0.25) is 0 Å². The molecular formula is C12H12ClN3S2. The van der Waals surface area contributed by atoms with Crippen LogP contribution in [0.5, 0.6) is 0 Å². The van der Waals surface area contributed by atoms with Crippen molar-refractivity contribution in [3.05, 3.63) is 40.9 Å². The largest absolute Gasteiger partial charge is 0.384 e. The van der Waals surface area contributed by atoms with E-state index in [1.54, 1.807) is 17.8 Å². The van der Waals surface area contributed by atoms with E-state index in [0.717, 1.165) is 21.4 Å². The Balaban J connectivity index is 2.11. The van der Waals surface area contributed by atoms with Crippen molar-refractivity contribution in [2.24, 2.45) is 0 Å². The van der Waals surface area contributed by atoms with Gasteiger partial charge in [-0.15, -0.1) is 11.8 Å². The third-order valence-electron chi connectivity index (χ3n) is 2.22. The Hall–Kier alpha value is -0.910. The zero-order chi connectivity index (χ0) is 13.0. The number of aromatic nitrogens is 2. The summed E-state index contributed by atoms with van der Waals surface area (Å²) in [7, 11) is 0. The summed E-state index contributed by atoms with van der Waals surface area (Å²) in [5, 5.41) is 2.33. The van der Waals surface area contributed by atoms with Crippen LogP contribution in [-0.2, 0) is 5.75 Å². The number of hydrogen-bond donors (Lipinski definition) is 1. The molecule has 0 bridgehead atoms. The summed E-state index contributed by atoms with van der Waals surface area (Å²) in [5.74, 6) is 1.26. The molecule has 0 spiro atoms. The molecule has 1 aromatic carbocycles. The summed E-state index contributed by atoms with van der Waals surface area (Å²) in [6.07, 6.45) is 1.93. The van der Waals surface area contributed by atoms with Crippen LogP contribution in [-0.4, -0.2) is 16.2 Å². The number of nitrogens with two attached hydrogens (primary N) is 1. The van der Waals surface area contributed by atoms with Crippen LogP contribution in [0.25, 0.3) is 0 Å². The van der Waals surface area contributed by atoms with Gasteiger partial charge in [0.15, 0.2) is 5.16 Å². The van der Waals surface area contributed by atoms with Crippen LogP contribution < -0.4 is 5.73 Å². The Morgan fingerprint density at radius 2 is 2.06 bits per heavy atom. The third-order valence-corrected chi connectivity index (χ3v) is 4.09. The normalized spacial score (nSPS) is 10.6. The minimum atomic E-state index is 0.496. The van der Waals surface area contributed by atoms with Crippen LogP contribution in [0, 0.1) is 0 Å². The molecule has 3 nitrogen and oxygen atoms in total. The highest BCUT2D eigenvalue weighted by molar-refractivity contribution is 7.99. The number of rotatable bonds is 4. The molecule has 0 atom stereocenters. The summed E-state index contributed by atoms with van der Waals surface area (Å²) >= 11 is 9.19. The molecule has 94 valence electrons. The quantitative estimate of drug-likeness (QED) is 0.529. The fourth-order valence-corrected chi connectivity index (χ4v) is 2.99. The van der Waals surface area contributed by atoms with Gasteiger partial charge in [-0.3, -0.25) is 0 Å². The Labute approximate surface area is 120 Å². The third kappa shape index (κ3) is 3.54. The number of nitrogens with zero attached hydrogens (tertiary/aromatic N) is 2. The molecule has 0 aliphatic carbocycles. The minimum absolute atomic E-state index is 0.496. The molecule has 2 N–H and O–H groups in total. The maximum Gasteiger partial charge on any atom is 0.190 e. The highest BCUT2D eigenvalue weighted by atomic mass is 35.5. The molecule has 0 aliphatic heterocycles. The minimum Gasteiger partial charge on any atom is -0.384 e. The lowest BCUT2D eigenvalue weighted by Crippen LogP contribution is -1.96. The summed E-state index contributed by atoms with van der Waals surface area (Å²) < 4.78 is 0. The molecule has 0 saturated carbocycles. The van der Waals surface area contributed by atoms with E-state index in [1.165, 1.54) is 11.8 Å². The molecule has 0 saturated heterocycles. The number of anilines is 1. The van der Waals surface area contributed by atoms with Crippen molar-refractivity contribution in [3.8, 4) is 0 Å². The number of hydrogen-bond acceptors (Lipinski definition) is 5. The van der Waals surface area contributed by atoms with Crippen LogP contribution in [0.15, 0.2) is 40.5 Å². The summed E-state index contributed by atoms with van der Waals surface area (Å²) in [6.45, 7) is 0. The van der Waals surface area contributed by atoms with Crippen LogP contribution in [0.3, 0.4) is 0 Å². The lowest BCUT2D eigenvalue weighted by atomic mass is 10.2. The van der Waals surface area contributed by atoms with Crippen molar-refractivity contribution in [1.29, 1.82) is 0 Å². The van der Waals surface area contributed by atoms with Gasteiger partial charge in [0.25, 0.3) is 0 Å². The first kappa shape index (κ1) is 13.5. The van der Waals surface area contributed by atoms with Gasteiger partial charge in [-0.1, -0.05) is 41.6 Å². The van der Waals surface area contributed by atoms with Crippen molar-refractivity contribution in [1.82, 2.24) is 9.97 Å². The van der Waals surface area contributed by atoms with Crippen molar-refractivity contribution in [2.75, 3.05) is 12.0 Å². The van der Waals surface area contributed by atoms with Gasteiger partial charge in [-0.2, -0.15) is 0 Å². The van der Waals surface area contributed by atoms with Gasteiger partial charge in [0, 0.05) is 16.8 Å². The second kappa shape index (κ2) is 6.31. The van der Waals surface area contributed by atoms with Crippen molar-refractivity contribution >= 4 is 40.9 Å². The first-order valence-corrected chi connectivity index (χ1v) is 7.82. The molecule has 1 heterocycles. The van der Waals surface area contributed by atoms with E-state index < -0.39 is 0 Å². The van der Waals surface area contributed by atoms with Gasteiger partial charge < -0.3 is 5.73 Å². The summed E-state index contributed by atoms with van der Waals surface area (Å²) in [6, 6.07) is 9.57. The Morgan fingerprint density at radius 1 is 1.28 bits per heavy atom. The Kier molecular flexibility index (Phi) is 4.74. The van der Waals surface area contributed by atoms with Crippen molar-refractivity contribution < 1.29 is 0 Å². The van der Waals surface area contributed by atoms with E-state index in [9.17, 15) is 0 Å². The average molecular weight is 298 g/mol. The molecule has 6 heteroatoms. The molecule has 0 unspecified atom stereocenters. The van der Waals surface area contributed by atoms with E-state index in [2.05, 4.69) is 9.97 Å². The molecular weight excluding hydrogens is 286 g/mol. The Bertz CT molecular complexity index is 549. The van der Waals surface area contributed by atoms with Crippen molar-refractivity contribution in [2.45, 2.75) is 15.9 Å². The SMILES string of the molecule is CSc1nc(N)cc(SCc2ccccc2Cl)n1. The molecule has 2 aromatic rings. The summed E-state index contributed by atoms with van der Waals surface area (Å²) in [4.78, 5) is 8.50. The zero-order valence-electron chi connectivity index (χ0n) is 9.76.